The molecule has 2 amide bonds. The van der Waals surface area contributed by atoms with E-state index in [-0.39, 0.29) is 37.5 Å². The SMILES string of the molecule is CC#CCNC(=O)CNC(=O)CN(CC1CCN(C(C)c2cccc3ccccc23)CC1)[SH](=O)=O. The molecule has 3 rings (SSSR count). The van der Waals surface area contributed by atoms with Crippen LogP contribution in [0.4, 0.5) is 0 Å². The van der Waals surface area contributed by atoms with Crippen molar-refractivity contribution >= 4 is 33.5 Å². The Morgan fingerprint density at radius 2 is 1.80 bits per heavy atom. The number of nitrogens with one attached hydrogen (secondary N) is 2. The molecule has 1 heterocycles. The van der Waals surface area contributed by atoms with Gasteiger partial charge in [-0.2, -0.15) is 4.31 Å². The summed E-state index contributed by atoms with van der Waals surface area (Å²) < 4.78 is 24.7. The Morgan fingerprint density at radius 1 is 1.09 bits per heavy atom. The van der Waals surface area contributed by atoms with Gasteiger partial charge in [-0.05, 0) is 62.0 Å². The molecule has 0 spiro atoms. The van der Waals surface area contributed by atoms with Crippen molar-refractivity contribution in [2.45, 2.75) is 32.7 Å². The minimum absolute atomic E-state index is 0.183. The van der Waals surface area contributed by atoms with Crippen molar-refractivity contribution in [3.8, 4) is 11.8 Å². The topological polar surface area (TPSA) is 98.8 Å². The number of hydrogen-bond donors (Lipinski definition) is 3. The summed E-state index contributed by atoms with van der Waals surface area (Å²) in [5.74, 6) is 4.68. The molecule has 1 fully saturated rings. The predicted molar refractivity (Wildman–Crippen MR) is 138 cm³/mol. The van der Waals surface area contributed by atoms with Crippen LogP contribution < -0.4 is 10.6 Å². The summed E-state index contributed by atoms with van der Waals surface area (Å²) in [6.45, 7) is 5.64. The number of nitrogens with zero attached hydrogens (tertiary/aromatic N) is 2. The van der Waals surface area contributed by atoms with E-state index in [9.17, 15) is 18.0 Å². The first-order valence-electron chi connectivity index (χ1n) is 11.9. The number of fused-ring (bicyclic) bond motifs is 1. The van der Waals surface area contributed by atoms with Crippen LogP contribution in [0.5, 0.6) is 0 Å². The number of amides is 2. The fourth-order valence-electron chi connectivity index (χ4n) is 4.52. The van der Waals surface area contributed by atoms with Gasteiger partial charge in [0.1, 0.15) is 0 Å². The number of carbonyl (C=O) groups excluding carboxylic acids is 2. The number of benzene rings is 2. The van der Waals surface area contributed by atoms with Gasteiger partial charge in [0.25, 0.3) is 0 Å². The van der Waals surface area contributed by atoms with Crippen LogP contribution in [0, 0.1) is 17.8 Å². The first kappa shape index (κ1) is 26.7. The van der Waals surface area contributed by atoms with Crippen molar-refractivity contribution in [2.75, 3.05) is 39.3 Å². The van der Waals surface area contributed by atoms with E-state index >= 15 is 0 Å². The number of hydrogen-bond acceptors (Lipinski definition) is 5. The van der Waals surface area contributed by atoms with Gasteiger partial charge in [0.2, 0.25) is 22.7 Å². The molecule has 0 aliphatic carbocycles. The molecular formula is C26H34N4O4S. The molecule has 0 bridgehead atoms. The number of thiol groups is 1. The molecule has 2 N–H and O–H groups in total. The van der Waals surface area contributed by atoms with Gasteiger partial charge >= 0.3 is 0 Å². The van der Waals surface area contributed by atoms with E-state index in [1.807, 2.05) is 6.07 Å². The Balaban J connectivity index is 1.49. The van der Waals surface area contributed by atoms with Crippen LogP contribution in [0.3, 0.4) is 0 Å². The Morgan fingerprint density at radius 3 is 2.51 bits per heavy atom. The van der Waals surface area contributed by atoms with E-state index in [0.29, 0.717) is 6.54 Å². The van der Waals surface area contributed by atoms with Crippen LogP contribution in [0.15, 0.2) is 42.5 Å². The van der Waals surface area contributed by atoms with Crippen LogP contribution in [-0.2, 0) is 20.5 Å². The average molecular weight is 499 g/mol. The Hall–Kier alpha value is -2.93. The van der Waals surface area contributed by atoms with Crippen molar-refractivity contribution in [2.24, 2.45) is 5.92 Å². The highest BCUT2D eigenvalue weighted by molar-refractivity contribution is 7.69. The summed E-state index contributed by atoms with van der Waals surface area (Å²) in [4.78, 5) is 26.3. The molecule has 2 aromatic carbocycles. The van der Waals surface area contributed by atoms with Crippen molar-refractivity contribution in [1.29, 1.82) is 0 Å². The first-order valence-corrected chi connectivity index (χ1v) is 13.1. The van der Waals surface area contributed by atoms with Crippen molar-refractivity contribution in [1.82, 2.24) is 19.8 Å². The maximum atomic E-state index is 12.2. The third kappa shape index (κ3) is 7.79. The number of likely N-dealkylation sites (tertiary alicyclic amines) is 1. The molecule has 0 radical (unpaired) electrons. The number of piperidine rings is 1. The van der Waals surface area contributed by atoms with E-state index in [4.69, 9.17) is 0 Å². The highest BCUT2D eigenvalue weighted by atomic mass is 32.2. The van der Waals surface area contributed by atoms with Gasteiger partial charge in [0.05, 0.1) is 19.6 Å². The highest BCUT2D eigenvalue weighted by Crippen LogP contribution is 2.31. The quantitative estimate of drug-likeness (QED) is 0.342. The lowest BCUT2D eigenvalue weighted by Gasteiger charge is -2.37. The molecule has 9 heteroatoms. The zero-order chi connectivity index (χ0) is 25.2. The second-order valence-electron chi connectivity index (χ2n) is 8.79. The zero-order valence-corrected chi connectivity index (χ0v) is 21.2. The maximum Gasteiger partial charge on any atom is 0.240 e. The summed E-state index contributed by atoms with van der Waals surface area (Å²) >= 11 is 0. The fraction of sp³-hybridized carbons (Fsp3) is 0.462. The van der Waals surface area contributed by atoms with E-state index in [1.165, 1.54) is 20.6 Å². The molecule has 1 aliphatic heterocycles. The van der Waals surface area contributed by atoms with E-state index in [0.717, 1.165) is 25.9 Å². The minimum atomic E-state index is -2.90. The third-order valence-corrected chi connectivity index (χ3v) is 7.26. The van der Waals surface area contributed by atoms with Crippen LogP contribution in [0.25, 0.3) is 10.8 Å². The van der Waals surface area contributed by atoms with E-state index < -0.39 is 16.8 Å². The van der Waals surface area contributed by atoms with Gasteiger partial charge in [-0.25, -0.2) is 8.42 Å². The smallest absolute Gasteiger partial charge is 0.240 e. The Labute approximate surface area is 209 Å². The first-order chi connectivity index (χ1) is 16.9. The predicted octanol–water partition coefficient (Wildman–Crippen LogP) is 1.70. The standard InChI is InChI=1S/C26H34N4O4S/c1-3-4-14-27-25(31)17-28-26(32)19-30(35(33)34)18-21-12-15-29(16-13-21)20(2)23-11-7-9-22-8-5-6-10-24(22)23/h5-11,20-21,35H,12-19H2,1-2H3,(H,27,31)(H,28,32). The molecular weight excluding hydrogens is 464 g/mol. The van der Waals surface area contributed by atoms with Gasteiger partial charge in [-0.3, -0.25) is 14.5 Å². The largest absolute Gasteiger partial charge is 0.346 e. The van der Waals surface area contributed by atoms with E-state index in [1.54, 1.807) is 6.92 Å². The maximum absolute atomic E-state index is 12.2. The lowest BCUT2D eigenvalue weighted by atomic mass is 9.93. The van der Waals surface area contributed by atoms with Crippen LogP contribution in [0.2, 0.25) is 0 Å². The molecule has 1 unspecified atom stereocenters. The molecule has 1 saturated heterocycles. The molecule has 35 heavy (non-hydrogen) atoms. The molecule has 2 aromatic rings. The van der Waals surface area contributed by atoms with Crippen LogP contribution in [0.1, 0.15) is 38.3 Å². The summed E-state index contributed by atoms with van der Waals surface area (Å²) in [6, 6.07) is 15.1. The molecule has 0 aromatic heterocycles. The van der Waals surface area contributed by atoms with Gasteiger partial charge in [-0.15, -0.1) is 5.92 Å². The van der Waals surface area contributed by atoms with E-state index in [2.05, 4.69) is 70.7 Å². The Kier molecular flexibility index (Phi) is 10.1. The number of rotatable bonds is 10. The van der Waals surface area contributed by atoms with Gasteiger partial charge in [-0.1, -0.05) is 48.4 Å². The van der Waals surface area contributed by atoms with Crippen molar-refractivity contribution in [3.05, 3.63) is 48.0 Å². The summed E-state index contributed by atoms with van der Waals surface area (Å²) in [6.07, 6.45) is 1.72. The molecule has 0 saturated carbocycles. The molecule has 1 atom stereocenters. The lowest BCUT2D eigenvalue weighted by molar-refractivity contribution is -0.126. The van der Waals surface area contributed by atoms with Gasteiger partial charge in [0, 0.05) is 12.6 Å². The number of carbonyl (C=O) groups is 2. The second kappa shape index (κ2) is 13.2. The van der Waals surface area contributed by atoms with Crippen molar-refractivity contribution in [3.63, 3.8) is 0 Å². The molecule has 1 aliphatic rings. The molecule has 8 nitrogen and oxygen atoms in total. The zero-order valence-electron chi connectivity index (χ0n) is 20.3. The molecule has 188 valence electrons. The summed E-state index contributed by atoms with van der Waals surface area (Å²) in [5.41, 5.74) is 1.30. The van der Waals surface area contributed by atoms with Crippen molar-refractivity contribution < 1.29 is 18.0 Å². The fourth-order valence-corrected chi connectivity index (χ4v) is 5.12. The van der Waals surface area contributed by atoms with Gasteiger partial charge in [0.15, 0.2) is 0 Å². The highest BCUT2D eigenvalue weighted by Gasteiger charge is 2.27. The average Bonchev–Trinajstić information content (AvgIpc) is 2.87. The Bertz CT molecular complexity index is 1150. The second-order valence-corrected chi connectivity index (χ2v) is 9.83. The lowest BCUT2D eigenvalue weighted by Crippen LogP contribution is -2.44. The monoisotopic (exact) mass is 498 g/mol. The summed E-state index contributed by atoms with van der Waals surface area (Å²) in [5, 5.41) is 7.51. The van der Waals surface area contributed by atoms with Gasteiger partial charge < -0.3 is 10.6 Å². The summed E-state index contributed by atoms with van der Waals surface area (Å²) in [7, 11) is -2.90. The normalized spacial score (nSPS) is 15.5. The van der Waals surface area contributed by atoms with Crippen LogP contribution >= 0.6 is 0 Å². The van der Waals surface area contributed by atoms with Crippen LogP contribution in [-0.4, -0.2) is 68.7 Å². The third-order valence-electron chi connectivity index (χ3n) is 6.49. The minimum Gasteiger partial charge on any atom is -0.346 e.